The topological polar surface area (TPSA) is 97.0 Å². The Morgan fingerprint density at radius 3 is 2.96 bits per heavy atom. The number of hydrogen-bond donors (Lipinski definition) is 1. The molecule has 1 aliphatic heterocycles. The molecular formula is C20H22N6O2. The predicted octanol–water partition coefficient (Wildman–Crippen LogP) is 2.60. The van der Waals surface area contributed by atoms with Gasteiger partial charge in [-0.25, -0.2) is 9.97 Å². The van der Waals surface area contributed by atoms with Crippen LogP contribution >= 0.6 is 0 Å². The van der Waals surface area contributed by atoms with E-state index in [1.807, 2.05) is 13.0 Å². The second kappa shape index (κ2) is 6.85. The first kappa shape index (κ1) is 17.1. The second-order valence-electron chi connectivity index (χ2n) is 7.64. The molecule has 4 heterocycles. The summed E-state index contributed by atoms with van der Waals surface area (Å²) >= 11 is 0. The van der Waals surface area contributed by atoms with Crippen molar-refractivity contribution in [1.29, 1.82) is 0 Å². The highest BCUT2D eigenvalue weighted by atomic mass is 16.5. The molecule has 1 saturated carbocycles. The van der Waals surface area contributed by atoms with Crippen molar-refractivity contribution in [2.75, 3.05) is 18.0 Å². The van der Waals surface area contributed by atoms with Crippen molar-refractivity contribution < 1.29 is 9.32 Å². The van der Waals surface area contributed by atoms with Crippen LogP contribution in [-0.2, 0) is 0 Å². The smallest absolute Gasteiger partial charge is 0.259 e. The molecule has 3 aromatic heterocycles. The van der Waals surface area contributed by atoms with Crippen LogP contribution < -0.4 is 10.2 Å². The summed E-state index contributed by atoms with van der Waals surface area (Å²) < 4.78 is 5.36. The molecule has 3 aromatic rings. The van der Waals surface area contributed by atoms with Crippen LogP contribution in [-0.4, -0.2) is 45.1 Å². The minimum absolute atomic E-state index is 0.0519. The van der Waals surface area contributed by atoms with E-state index < -0.39 is 0 Å². The Balaban J connectivity index is 1.39. The molecule has 5 rings (SSSR count). The van der Waals surface area contributed by atoms with Crippen LogP contribution in [0.1, 0.15) is 53.3 Å². The van der Waals surface area contributed by atoms with Crippen LogP contribution in [0.2, 0.25) is 0 Å². The Labute approximate surface area is 162 Å². The Hall–Kier alpha value is -3.03. The van der Waals surface area contributed by atoms with Crippen LogP contribution in [0.4, 0.5) is 5.82 Å². The summed E-state index contributed by atoms with van der Waals surface area (Å²) in [5, 5.41) is 7.93. The number of anilines is 1. The fraction of sp³-hybridized carbons (Fsp3) is 0.450. The monoisotopic (exact) mass is 378 g/mol. The number of aryl methyl sites for hydroxylation is 1. The maximum absolute atomic E-state index is 13.2. The standard InChI is InChI=1S/C20H22N6O2/c1-12-18-15(9-16(13-4-5-13)24-20(18)28-25-12)19(27)23-14-3-2-8-26(11-14)17-10-21-6-7-22-17/h6-7,9-10,13-14H,2-5,8,11H2,1H3,(H,23,27)/t14-/m0/s1. The molecule has 1 aliphatic carbocycles. The molecule has 1 saturated heterocycles. The zero-order chi connectivity index (χ0) is 19.1. The van der Waals surface area contributed by atoms with Gasteiger partial charge in [-0.3, -0.25) is 9.78 Å². The highest BCUT2D eigenvalue weighted by Crippen LogP contribution is 2.40. The van der Waals surface area contributed by atoms with E-state index in [1.54, 1.807) is 18.6 Å². The van der Waals surface area contributed by atoms with Crippen molar-refractivity contribution in [2.45, 2.75) is 44.6 Å². The number of piperidine rings is 1. The minimum atomic E-state index is -0.0911. The number of carbonyl (C=O) groups is 1. The third kappa shape index (κ3) is 3.19. The number of rotatable bonds is 4. The van der Waals surface area contributed by atoms with Gasteiger partial charge in [0.05, 0.1) is 22.8 Å². The van der Waals surface area contributed by atoms with E-state index >= 15 is 0 Å². The third-order valence-corrected chi connectivity index (χ3v) is 5.51. The van der Waals surface area contributed by atoms with Gasteiger partial charge in [0, 0.05) is 43.1 Å². The Morgan fingerprint density at radius 1 is 1.29 bits per heavy atom. The van der Waals surface area contributed by atoms with Crippen LogP contribution in [0.25, 0.3) is 11.1 Å². The zero-order valence-corrected chi connectivity index (χ0v) is 15.8. The Morgan fingerprint density at radius 2 is 2.18 bits per heavy atom. The summed E-state index contributed by atoms with van der Waals surface area (Å²) in [5.41, 5.74) is 2.69. The number of carbonyl (C=O) groups excluding carboxylic acids is 1. The van der Waals surface area contributed by atoms with E-state index in [0.29, 0.717) is 28.3 Å². The molecule has 0 spiro atoms. The second-order valence-corrected chi connectivity index (χ2v) is 7.64. The molecule has 2 aliphatic rings. The molecule has 8 nitrogen and oxygen atoms in total. The van der Waals surface area contributed by atoms with Gasteiger partial charge in [0.25, 0.3) is 11.6 Å². The summed E-state index contributed by atoms with van der Waals surface area (Å²) in [5.74, 6) is 1.19. The number of hydrogen-bond acceptors (Lipinski definition) is 7. The SMILES string of the molecule is Cc1noc2nc(C3CC3)cc(C(=O)N[C@H]3CCCN(c4cnccn4)C3)c12. The van der Waals surface area contributed by atoms with Gasteiger partial charge in [0.1, 0.15) is 5.82 Å². The summed E-state index contributed by atoms with van der Waals surface area (Å²) in [6.45, 7) is 3.48. The lowest BCUT2D eigenvalue weighted by Gasteiger charge is -2.33. The fourth-order valence-electron chi connectivity index (χ4n) is 3.90. The van der Waals surface area contributed by atoms with Crippen molar-refractivity contribution in [1.82, 2.24) is 25.4 Å². The van der Waals surface area contributed by atoms with Gasteiger partial charge in [0.15, 0.2) is 0 Å². The van der Waals surface area contributed by atoms with Crippen molar-refractivity contribution >= 4 is 22.8 Å². The van der Waals surface area contributed by atoms with Crippen LogP contribution in [0, 0.1) is 6.92 Å². The summed E-state index contributed by atoms with van der Waals surface area (Å²) in [6, 6.07) is 1.97. The lowest BCUT2D eigenvalue weighted by Crippen LogP contribution is -2.48. The summed E-state index contributed by atoms with van der Waals surface area (Å²) in [7, 11) is 0. The van der Waals surface area contributed by atoms with Crippen LogP contribution in [0.15, 0.2) is 29.2 Å². The van der Waals surface area contributed by atoms with E-state index in [2.05, 4.69) is 30.3 Å². The minimum Gasteiger partial charge on any atom is -0.353 e. The molecule has 1 N–H and O–H groups in total. The number of aromatic nitrogens is 4. The van der Waals surface area contributed by atoms with Gasteiger partial charge in [-0.2, -0.15) is 0 Å². The average Bonchev–Trinajstić information content (AvgIpc) is 3.52. The average molecular weight is 378 g/mol. The molecule has 1 atom stereocenters. The van der Waals surface area contributed by atoms with Crippen LogP contribution in [0.3, 0.4) is 0 Å². The van der Waals surface area contributed by atoms with Crippen molar-refractivity contribution in [3.63, 3.8) is 0 Å². The maximum atomic E-state index is 13.2. The predicted molar refractivity (Wildman–Crippen MR) is 103 cm³/mol. The van der Waals surface area contributed by atoms with Gasteiger partial charge in [-0.1, -0.05) is 5.16 Å². The molecular weight excluding hydrogens is 356 g/mol. The molecule has 0 aromatic carbocycles. The molecule has 1 amide bonds. The van der Waals surface area contributed by atoms with E-state index in [1.165, 1.54) is 0 Å². The van der Waals surface area contributed by atoms with Gasteiger partial charge < -0.3 is 14.7 Å². The summed E-state index contributed by atoms with van der Waals surface area (Å²) in [4.78, 5) is 28.4. The van der Waals surface area contributed by atoms with Crippen LogP contribution in [0.5, 0.6) is 0 Å². The Kier molecular flexibility index (Phi) is 4.18. The number of fused-ring (bicyclic) bond motifs is 1. The van der Waals surface area contributed by atoms with E-state index in [4.69, 9.17) is 4.52 Å². The van der Waals surface area contributed by atoms with E-state index in [-0.39, 0.29) is 11.9 Å². The lowest BCUT2D eigenvalue weighted by molar-refractivity contribution is 0.0934. The number of pyridine rings is 1. The number of nitrogens with zero attached hydrogens (tertiary/aromatic N) is 5. The molecule has 8 heteroatoms. The van der Waals surface area contributed by atoms with Crippen molar-refractivity contribution in [2.24, 2.45) is 0 Å². The first-order chi connectivity index (χ1) is 13.7. The lowest BCUT2D eigenvalue weighted by atomic mass is 10.0. The molecule has 0 radical (unpaired) electrons. The molecule has 2 fully saturated rings. The van der Waals surface area contributed by atoms with E-state index in [0.717, 1.165) is 50.3 Å². The highest BCUT2D eigenvalue weighted by molar-refractivity contribution is 6.06. The van der Waals surface area contributed by atoms with Crippen molar-refractivity contribution in [3.8, 4) is 0 Å². The maximum Gasteiger partial charge on any atom is 0.259 e. The first-order valence-electron chi connectivity index (χ1n) is 9.78. The van der Waals surface area contributed by atoms with Crippen molar-refractivity contribution in [3.05, 3.63) is 41.6 Å². The number of amides is 1. The Bertz CT molecular complexity index is 1010. The summed E-state index contributed by atoms with van der Waals surface area (Å²) in [6.07, 6.45) is 9.28. The fourth-order valence-corrected chi connectivity index (χ4v) is 3.90. The van der Waals surface area contributed by atoms with E-state index in [9.17, 15) is 4.79 Å². The zero-order valence-electron chi connectivity index (χ0n) is 15.8. The largest absolute Gasteiger partial charge is 0.353 e. The van der Waals surface area contributed by atoms with Gasteiger partial charge in [0.2, 0.25) is 0 Å². The molecule has 0 bridgehead atoms. The van der Waals surface area contributed by atoms with Gasteiger partial charge in [-0.05, 0) is 38.7 Å². The number of nitrogens with one attached hydrogen (secondary N) is 1. The molecule has 28 heavy (non-hydrogen) atoms. The highest BCUT2D eigenvalue weighted by Gasteiger charge is 2.30. The normalized spacial score (nSPS) is 19.8. The molecule has 0 unspecified atom stereocenters. The van der Waals surface area contributed by atoms with Gasteiger partial charge in [-0.15, -0.1) is 0 Å². The first-order valence-corrected chi connectivity index (χ1v) is 9.78. The molecule has 144 valence electrons. The quantitative estimate of drug-likeness (QED) is 0.745. The van der Waals surface area contributed by atoms with Gasteiger partial charge >= 0.3 is 0 Å². The third-order valence-electron chi connectivity index (χ3n) is 5.51.